The van der Waals surface area contributed by atoms with Crippen LogP contribution in [0.5, 0.6) is 0 Å². The lowest BCUT2D eigenvalue weighted by atomic mass is 10.0. The summed E-state index contributed by atoms with van der Waals surface area (Å²) in [7, 11) is 1.55. The minimum absolute atomic E-state index is 0.0965. The average Bonchev–Trinajstić information content (AvgIpc) is 3.38. The van der Waals surface area contributed by atoms with Crippen LogP contribution in [-0.2, 0) is 9.57 Å². The van der Waals surface area contributed by atoms with Gasteiger partial charge in [0.2, 0.25) is 5.95 Å². The van der Waals surface area contributed by atoms with Crippen LogP contribution in [0.15, 0.2) is 48.7 Å². The Balaban J connectivity index is 1.58. The Labute approximate surface area is 199 Å². The Morgan fingerprint density at radius 1 is 1.29 bits per heavy atom. The molecule has 2 atom stereocenters. The van der Waals surface area contributed by atoms with Crippen LogP contribution in [0.1, 0.15) is 29.4 Å². The van der Waals surface area contributed by atoms with E-state index in [0.717, 1.165) is 0 Å². The number of hydroxylamine groups is 2. The Bertz CT molecular complexity index is 1160. The molecular weight excluding hydrogens is 465 g/mol. The van der Waals surface area contributed by atoms with E-state index in [-0.39, 0.29) is 23.6 Å². The van der Waals surface area contributed by atoms with Gasteiger partial charge in [0.25, 0.3) is 6.43 Å². The van der Waals surface area contributed by atoms with Crippen LogP contribution in [0, 0.1) is 12.9 Å². The number of benzene rings is 1. The van der Waals surface area contributed by atoms with Gasteiger partial charge in [0.15, 0.2) is 0 Å². The van der Waals surface area contributed by atoms with Gasteiger partial charge in [0, 0.05) is 26.4 Å². The third-order valence-electron chi connectivity index (χ3n) is 5.53. The Morgan fingerprint density at radius 2 is 2.06 bits per heavy atom. The summed E-state index contributed by atoms with van der Waals surface area (Å²) in [6.07, 6.45) is -2.26. The van der Waals surface area contributed by atoms with Crippen molar-refractivity contribution in [3.63, 3.8) is 0 Å². The van der Waals surface area contributed by atoms with Crippen molar-refractivity contribution in [2.75, 3.05) is 32.1 Å². The van der Waals surface area contributed by atoms with Gasteiger partial charge < -0.3 is 10.1 Å². The summed E-state index contributed by atoms with van der Waals surface area (Å²) < 4.78 is 47.8. The molecule has 1 aliphatic heterocycles. The second-order valence-corrected chi connectivity index (χ2v) is 7.92. The first-order chi connectivity index (χ1) is 16.9. The number of amides is 2. The molecule has 3 aromatic rings. The zero-order valence-corrected chi connectivity index (χ0v) is 19.1. The summed E-state index contributed by atoms with van der Waals surface area (Å²) in [6, 6.07) is 10.1. The molecule has 2 amide bonds. The largest absolute Gasteiger partial charge is 0.383 e. The Hall–Kier alpha value is -3.48. The highest BCUT2D eigenvalue weighted by molar-refractivity contribution is 5.90. The van der Waals surface area contributed by atoms with Crippen molar-refractivity contribution in [2.24, 2.45) is 0 Å². The zero-order chi connectivity index (χ0) is 24.9. The zero-order valence-electron chi connectivity index (χ0n) is 19.1. The van der Waals surface area contributed by atoms with Crippen LogP contribution in [0.3, 0.4) is 0 Å². The number of nitrogens with zero attached hydrogens (tertiary/aromatic N) is 4. The maximum atomic E-state index is 13.9. The van der Waals surface area contributed by atoms with E-state index in [2.05, 4.69) is 20.7 Å². The van der Waals surface area contributed by atoms with Crippen LogP contribution >= 0.6 is 0 Å². The fourth-order valence-corrected chi connectivity index (χ4v) is 3.93. The van der Waals surface area contributed by atoms with Gasteiger partial charge in [-0.1, -0.05) is 18.2 Å². The summed E-state index contributed by atoms with van der Waals surface area (Å²) in [5.74, 6) is -0.823. The molecule has 186 valence electrons. The van der Waals surface area contributed by atoms with Gasteiger partial charge in [-0.3, -0.25) is 10.2 Å². The maximum absolute atomic E-state index is 13.9. The first-order valence-electron chi connectivity index (χ1n) is 10.9. The van der Waals surface area contributed by atoms with Crippen LogP contribution in [0.25, 0.3) is 5.69 Å². The number of urea groups is 1. The number of hydrogen-bond acceptors (Lipinski definition) is 6. The molecule has 0 radical (unpaired) electrons. The van der Waals surface area contributed by atoms with E-state index < -0.39 is 30.6 Å². The van der Waals surface area contributed by atoms with E-state index in [9.17, 15) is 18.0 Å². The minimum atomic E-state index is -2.85. The van der Waals surface area contributed by atoms with Crippen molar-refractivity contribution in [2.45, 2.75) is 25.5 Å². The number of aromatic nitrogens is 3. The lowest BCUT2D eigenvalue weighted by Gasteiger charge is -2.19. The number of anilines is 1. The first kappa shape index (κ1) is 24.6. The number of para-hydroxylation sites is 1. The van der Waals surface area contributed by atoms with Gasteiger partial charge in [-0.2, -0.15) is 14.6 Å². The molecule has 1 saturated heterocycles. The molecule has 1 fully saturated rings. The number of nitrogens with one attached hydrogen (secondary N) is 2. The van der Waals surface area contributed by atoms with Crippen molar-refractivity contribution in [1.29, 1.82) is 0 Å². The topological polar surface area (TPSA) is 93.5 Å². The molecule has 0 saturated carbocycles. The fourth-order valence-electron chi connectivity index (χ4n) is 3.93. The fraction of sp³-hybridized carbons (Fsp3) is 0.348. The van der Waals surface area contributed by atoms with Crippen LogP contribution in [-0.4, -0.2) is 58.7 Å². The maximum Gasteiger partial charge on any atom is 0.320 e. The number of aryl methyl sites for hydroxylation is 1. The number of halogens is 3. The van der Waals surface area contributed by atoms with Crippen LogP contribution < -0.4 is 10.6 Å². The molecular formula is C23H25F3N6O3. The number of rotatable bonds is 8. The number of alkyl halides is 2. The molecule has 1 aliphatic rings. The highest BCUT2D eigenvalue weighted by atomic mass is 19.3. The van der Waals surface area contributed by atoms with Crippen molar-refractivity contribution in [3.05, 3.63) is 71.4 Å². The molecule has 35 heavy (non-hydrogen) atoms. The number of carbonyl (C=O) groups is 1. The number of methoxy groups -OCH3 is 1. The number of ether oxygens (including phenoxy) is 1. The van der Waals surface area contributed by atoms with Crippen LogP contribution in [0.2, 0.25) is 0 Å². The summed E-state index contributed by atoms with van der Waals surface area (Å²) >= 11 is 0. The molecule has 0 unspecified atom stereocenters. The third kappa shape index (κ3) is 5.61. The second-order valence-electron chi connectivity index (χ2n) is 7.92. The van der Waals surface area contributed by atoms with E-state index >= 15 is 0 Å². The number of pyridine rings is 1. The molecule has 3 heterocycles. The lowest BCUT2D eigenvalue weighted by Crippen LogP contribution is -2.42. The molecule has 2 aromatic heterocycles. The Morgan fingerprint density at radius 3 is 2.74 bits per heavy atom. The van der Waals surface area contributed by atoms with E-state index in [1.54, 1.807) is 48.6 Å². The quantitative estimate of drug-likeness (QED) is 0.467. The molecule has 12 heteroatoms. The second kappa shape index (κ2) is 10.8. The van der Waals surface area contributed by atoms with Gasteiger partial charge in [0.1, 0.15) is 11.9 Å². The molecule has 0 bridgehead atoms. The normalized spacial score (nSPS) is 18.2. The SMILES string of the molecule is COCCN1C[C@@H](NC(=O)Nc2c(C(F)F)c(C)nn2-c2ccccc2)[C@H](c2ccnc(F)c2)O1. The van der Waals surface area contributed by atoms with E-state index in [1.807, 2.05) is 0 Å². The monoisotopic (exact) mass is 490 g/mol. The summed E-state index contributed by atoms with van der Waals surface area (Å²) in [4.78, 5) is 22.5. The van der Waals surface area contributed by atoms with Gasteiger partial charge in [0.05, 0.1) is 29.6 Å². The highest BCUT2D eigenvalue weighted by Gasteiger charge is 2.37. The Kier molecular flexibility index (Phi) is 7.63. The predicted octanol–water partition coefficient (Wildman–Crippen LogP) is 3.78. The summed E-state index contributed by atoms with van der Waals surface area (Å²) in [6.45, 7) is 2.51. The van der Waals surface area contributed by atoms with Gasteiger partial charge in [-0.25, -0.2) is 23.2 Å². The molecule has 0 aliphatic carbocycles. The molecule has 9 nitrogen and oxygen atoms in total. The van der Waals surface area contributed by atoms with Crippen LogP contribution in [0.4, 0.5) is 23.8 Å². The number of hydrogen-bond donors (Lipinski definition) is 2. The van der Waals surface area contributed by atoms with Crippen molar-refractivity contribution < 1.29 is 27.5 Å². The molecule has 0 spiro atoms. The lowest BCUT2D eigenvalue weighted by molar-refractivity contribution is -0.154. The molecule has 4 rings (SSSR count). The summed E-state index contributed by atoms with van der Waals surface area (Å²) in [5.41, 5.74) is 0.708. The van der Waals surface area contributed by atoms with Gasteiger partial charge >= 0.3 is 6.03 Å². The number of carbonyl (C=O) groups excluding carboxylic acids is 1. The van der Waals surface area contributed by atoms with Crippen molar-refractivity contribution in [3.8, 4) is 5.69 Å². The highest BCUT2D eigenvalue weighted by Crippen LogP contribution is 2.33. The minimum Gasteiger partial charge on any atom is -0.383 e. The van der Waals surface area contributed by atoms with E-state index in [1.165, 1.54) is 23.9 Å². The van der Waals surface area contributed by atoms with Crippen molar-refractivity contribution in [1.82, 2.24) is 25.1 Å². The standard InChI is InChI=1S/C23H25F3N6O3/c1-14-19(21(25)26)22(32(30-14)16-6-4-3-5-7-16)29-23(33)28-17-13-31(10-11-34-2)35-20(17)15-8-9-27-18(24)12-15/h3-9,12,17,20-21H,10-11,13H2,1-2H3,(H2,28,29,33)/t17-,20+/m1/s1. The summed E-state index contributed by atoms with van der Waals surface area (Å²) in [5, 5.41) is 11.1. The predicted molar refractivity (Wildman–Crippen MR) is 121 cm³/mol. The third-order valence-corrected chi connectivity index (χ3v) is 5.53. The van der Waals surface area contributed by atoms with E-state index in [0.29, 0.717) is 24.4 Å². The van der Waals surface area contributed by atoms with E-state index in [4.69, 9.17) is 9.57 Å². The molecule has 1 aromatic carbocycles. The molecule has 2 N–H and O–H groups in total. The smallest absolute Gasteiger partial charge is 0.320 e. The first-order valence-corrected chi connectivity index (χ1v) is 10.9. The average molecular weight is 490 g/mol. The van der Waals surface area contributed by atoms with Gasteiger partial charge in [-0.15, -0.1) is 0 Å². The van der Waals surface area contributed by atoms with Crippen molar-refractivity contribution >= 4 is 11.8 Å². The van der Waals surface area contributed by atoms with Gasteiger partial charge in [-0.05, 0) is 36.8 Å².